The van der Waals surface area contributed by atoms with Crippen molar-refractivity contribution in [3.63, 3.8) is 0 Å². The molecule has 2 aromatic rings. The van der Waals surface area contributed by atoms with Crippen LogP contribution in [-0.4, -0.2) is 65.7 Å². The van der Waals surface area contributed by atoms with Crippen molar-refractivity contribution in [1.29, 1.82) is 0 Å². The van der Waals surface area contributed by atoms with E-state index in [1.165, 1.54) is 12.8 Å². The van der Waals surface area contributed by atoms with Crippen molar-refractivity contribution >= 4 is 0 Å². The molecule has 8 nitrogen and oxygen atoms in total. The Bertz CT molecular complexity index is 620. The molecule has 0 aromatic carbocycles. The summed E-state index contributed by atoms with van der Waals surface area (Å²) in [6, 6.07) is 0.551. The number of aryl methyl sites for hydroxylation is 1. The summed E-state index contributed by atoms with van der Waals surface area (Å²) < 4.78 is 4.11. The maximum atomic E-state index is 4.41. The number of hydrogen-bond acceptors (Lipinski definition) is 6. The number of imidazole rings is 1. The van der Waals surface area contributed by atoms with Gasteiger partial charge < -0.3 is 4.57 Å². The first kappa shape index (κ1) is 13.8. The van der Waals surface area contributed by atoms with Crippen molar-refractivity contribution in [3.05, 3.63) is 24.0 Å². The zero-order valence-corrected chi connectivity index (χ0v) is 13.0. The van der Waals surface area contributed by atoms with Crippen molar-refractivity contribution in [1.82, 2.24) is 39.6 Å². The Morgan fingerprint density at radius 3 is 2.32 bits per heavy atom. The molecule has 2 fully saturated rings. The van der Waals surface area contributed by atoms with Gasteiger partial charge in [-0.3, -0.25) is 9.80 Å². The molecule has 4 rings (SSSR count). The molecule has 1 saturated heterocycles. The molecule has 118 valence electrons. The summed E-state index contributed by atoms with van der Waals surface area (Å²) in [4.78, 5) is 9.31. The van der Waals surface area contributed by atoms with E-state index in [1.54, 1.807) is 0 Å². The minimum Gasteiger partial charge on any atom is -0.337 e. The maximum absolute atomic E-state index is 4.41. The molecular weight excluding hydrogens is 280 g/mol. The lowest BCUT2D eigenvalue weighted by molar-refractivity contribution is 0.116. The van der Waals surface area contributed by atoms with E-state index in [0.29, 0.717) is 6.04 Å². The molecule has 0 radical (unpaired) electrons. The second-order valence-electron chi connectivity index (χ2n) is 6.28. The third-order valence-corrected chi connectivity index (χ3v) is 4.57. The van der Waals surface area contributed by atoms with Crippen LogP contribution in [0.4, 0.5) is 0 Å². The van der Waals surface area contributed by atoms with Crippen LogP contribution in [0.3, 0.4) is 0 Å². The van der Waals surface area contributed by atoms with E-state index in [1.807, 2.05) is 17.1 Å². The summed E-state index contributed by atoms with van der Waals surface area (Å²) in [5.41, 5.74) is 0. The average molecular weight is 302 g/mol. The molecule has 0 amide bonds. The van der Waals surface area contributed by atoms with Gasteiger partial charge in [0.2, 0.25) is 0 Å². The van der Waals surface area contributed by atoms with E-state index in [0.717, 1.165) is 50.9 Å². The molecule has 2 aromatic heterocycles. The van der Waals surface area contributed by atoms with Gasteiger partial charge in [0.05, 0.1) is 19.1 Å². The van der Waals surface area contributed by atoms with Gasteiger partial charge in [-0.25, -0.2) is 9.67 Å². The van der Waals surface area contributed by atoms with Crippen LogP contribution in [-0.2, 0) is 20.1 Å². The van der Waals surface area contributed by atoms with E-state index in [9.17, 15) is 0 Å². The zero-order valence-electron chi connectivity index (χ0n) is 13.0. The van der Waals surface area contributed by atoms with E-state index < -0.39 is 0 Å². The minimum absolute atomic E-state index is 0.551. The smallest absolute Gasteiger partial charge is 0.165 e. The van der Waals surface area contributed by atoms with Gasteiger partial charge in [0.25, 0.3) is 0 Å². The van der Waals surface area contributed by atoms with Gasteiger partial charge in [-0.1, -0.05) is 0 Å². The summed E-state index contributed by atoms with van der Waals surface area (Å²) in [5.74, 6) is 2.14. The second kappa shape index (κ2) is 5.77. The first-order chi connectivity index (χ1) is 10.8. The SMILES string of the molecule is Cn1ccnc1CN1CCN(Cc2nnnn2C2CC2)CC1. The second-order valence-corrected chi connectivity index (χ2v) is 6.28. The molecule has 0 N–H and O–H groups in total. The Morgan fingerprint density at radius 2 is 1.73 bits per heavy atom. The van der Waals surface area contributed by atoms with E-state index in [-0.39, 0.29) is 0 Å². The highest BCUT2D eigenvalue weighted by Gasteiger charge is 2.28. The average Bonchev–Trinajstić information content (AvgIpc) is 3.14. The monoisotopic (exact) mass is 302 g/mol. The number of tetrazole rings is 1. The number of aromatic nitrogens is 6. The van der Waals surface area contributed by atoms with Gasteiger partial charge in [-0.15, -0.1) is 5.10 Å². The largest absolute Gasteiger partial charge is 0.337 e. The highest BCUT2D eigenvalue weighted by molar-refractivity contribution is 4.93. The van der Waals surface area contributed by atoms with E-state index in [2.05, 4.69) is 41.9 Å². The van der Waals surface area contributed by atoms with Gasteiger partial charge >= 0.3 is 0 Å². The van der Waals surface area contributed by atoms with Crippen molar-refractivity contribution < 1.29 is 0 Å². The summed E-state index contributed by atoms with van der Waals surface area (Å²) in [6.07, 6.45) is 6.30. The molecule has 22 heavy (non-hydrogen) atoms. The fourth-order valence-corrected chi connectivity index (χ4v) is 2.97. The Hall–Kier alpha value is -1.80. The maximum Gasteiger partial charge on any atom is 0.165 e. The van der Waals surface area contributed by atoms with Gasteiger partial charge in [0.15, 0.2) is 5.82 Å². The highest BCUT2D eigenvalue weighted by atomic mass is 15.6. The predicted octanol–water partition coefficient (Wildman–Crippen LogP) is 0.0593. The quantitative estimate of drug-likeness (QED) is 0.778. The number of nitrogens with zero attached hydrogens (tertiary/aromatic N) is 8. The van der Waals surface area contributed by atoms with Crippen LogP contribution in [0, 0.1) is 0 Å². The Kier molecular flexibility index (Phi) is 3.63. The molecule has 0 atom stereocenters. The fourth-order valence-electron chi connectivity index (χ4n) is 2.97. The van der Waals surface area contributed by atoms with Crippen LogP contribution in [0.1, 0.15) is 30.5 Å². The first-order valence-electron chi connectivity index (χ1n) is 7.97. The topological polar surface area (TPSA) is 67.9 Å². The standard InChI is InChI=1S/C14H22N8/c1-19-5-4-15-13(19)10-20-6-8-21(9-7-20)11-14-16-17-18-22(14)12-2-3-12/h4-5,12H,2-3,6-11H2,1H3. The van der Waals surface area contributed by atoms with Crippen LogP contribution >= 0.6 is 0 Å². The van der Waals surface area contributed by atoms with Crippen molar-refractivity contribution in [3.8, 4) is 0 Å². The summed E-state index contributed by atoms with van der Waals surface area (Å²) in [6.45, 7) is 6.04. The Balaban J connectivity index is 1.30. The lowest BCUT2D eigenvalue weighted by Crippen LogP contribution is -2.46. The summed E-state index contributed by atoms with van der Waals surface area (Å²) >= 11 is 0. The van der Waals surface area contributed by atoms with Crippen molar-refractivity contribution in [2.45, 2.75) is 32.0 Å². The number of hydrogen-bond donors (Lipinski definition) is 0. The summed E-state index contributed by atoms with van der Waals surface area (Å²) in [7, 11) is 2.05. The van der Waals surface area contributed by atoms with Crippen LogP contribution in [0.25, 0.3) is 0 Å². The number of rotatable bonds is 5. The third-order valence-electron chi connectivity index (χ3n) is 4.57. The third kappa shape index (κ3) is 2.89. The molecular formula is C14H22N8. The molecule has 0 unspecified atom stereocenters. The lowest BCUT2D eigenvalue weighted by atomic mass is 10.3. The normalized spacial score (nSPS) is 20.6. The molecule has 1 aliphatic heterocycles. The lowest BCUT2D eigenvalue weighted by Gasteiger charge is -2.34. The minimum atomic E-state index is 0.551. The van der Waals surface area contributed by atoms with Gasteiger partial charge in [0, 0.05) is 45.6 Å². The van der Waals surface area contributed by atoms with Gasteiger partial charge in [-0.2, -0.15) is 0 Å². The molecule has 3 heterocycles. The molecule has 2 aliphatic rings. The van der Waals surface area contributed by atoms with Crippen LogP contribution in [0.5, 0.6) is 0 Å². The Morgan fingerprint density at radius 1 is 1.05 bits per heavy atom. The zero-order chi connectivity index (χ0) is 14.9. The number of piperazine rings is 1. The Labute approximate surface area is 129 Å². The molecule has 8 heteroatoms. The molecule has 1 saturated carbocycles. The van der Waals surface area contributed by atoms with Crippen LogP contribution < -0.4 is 0 Å². The van der Waals surface area contributed by atoms with Gasteiger partial charge in [-0.05, 0) is 23.3 Å². The molecule has 0 spiro atoms. The van der Waals surface area contributed by atoms with Gasteiger partial charge in [0.1, 0.15) is 5.82 Å². The fraction of sp³-hybridized carbons (Fsp3) is 0.714. The summed E-state index contributed by atoms with van der Waals surface area (Å²) in [5, 5.41) is 12.2. The first-order valence-corrected chi connectivity index (χ1v) is 7.97. The van der Waals surface area contributed by atoms with Crippen LogP contribution in [0.15, 0.2) is 12.4 Å². The molecule has 0 bridgehead atoms. The van der Waals surface area contributed by atoms with Crippen molar-refractivity contribution in [2.24, 2.45) is 7.05 Å². The predicted molar refractivity (Wildman–Crippen MR) is 79.9 cm³/mol. The molecule has 1 aliphatic carbocycles. The van der Waals surface area contributed by atoms with Crippen molar-refractivity contribution in [2.75, 3.05) is 26.2 Å². The van der Waals surface area contributed by atoms with E-state index >= 15 is 0 Å². The van der Waals surface area contributed by atoms with E-state index in [4.69, 9.17) is 0 Å². The van der Waals surface area contributed by atoms with Crippen LogP contribution in [0.2, 0.25) is 0 Å². The highest BCUT2D eigenvalue weighted by Crippen LogP contribution is 2.34.